The van der Waals surface area contributed by atoms with E-state index in [1.807, 2.05) is 24.3 Å². The van der Waals surface area contributed by atoms with Crippen LogP contribution >= 0.6 is 0 Å². The summed E-state index contributed by atoms with van der Waals surface area (Å²) in [6.07, 6.45) is 0. The van der Waals surface area contributed by atoms with Gasteiger partial charge >= 0.3 is 0 Å². The Labute approximate surface area is 166 Å². The quantitative estimate of drug-likeness (QED) is 0.730. The Kier molecular flexibility index (Phi) is 5.19. The molecule has 6 nitrogen and oxygen atoms in total. The monoisotopic (exact) mass is 377 g/mol. The third kappa shape index (κ3) is 3.81. The van der Waals surface area contributed by atoms with Crippen molar-refractivity contribution in [3.05, 3.63) is 48.5 Å². The fourth-order valence-corrected chi connectivity index (χ4v) is 3.55. The van der Waals surface area contributed by atoms with E-state index in [2.05, 4.69) is 53.2 Å². The first-order chi connectivity index (χ1) is 13.6. The van der Waals surface area contributed by atoms with Gasteiger partial charge in [-0.2, -0.15) is 4.98 Å². The summed E-state index contributed by atoms with van der Waals surface area (Å²) in [5.74, 6) is 2.60. The highest BCUT2D eigenvalue weighted by molar-refractivity contribution is 5.90. The van der Waals surface area contributed by atoms with Gasteiger partial charge in [-0.15, -0.1) is 0 Å². The second kappa shape index (κ2) is 7.92. The van der Waals surface area contributed by atoms with Gasteiger partial charge in [-0.25, -0.2) is 4.98 Å². The molecule has 0 unspecified atom stereocenters. The van der Waals surface area contributed by atoms with Gasteiger partial charge in [0.2, 0.25) is 5.95 Å². The number of nitrogens with one attached hydrogen (secondary N) is 1. The normalized spacial score (nSPS) is 14.6. The molecule has 0 aliphatic carbocycles. The SMILES string of the molecule is COc1ccc(N2CCN(c3nc(NC(C)C)c4ccccc4n3)CC2)cc1. The molecule has 1 aliphatic rings. The summed E-state index contributed by atoms with van der Waals surface area (Å²) in [6.45, 7) is 7.93. The van der Waals surface area contributed by atoms with Crippen molar-refractivity contribution >= 4 is 28.4 Å². The molecule has 1 aromatic heterocycles. The van der Waals surface area contributed by atoms with Crippen LogP contribution in [-0.4, -0.2) is 49.3 Å². The number of nitrogens with zero attached hydrogens (tertiary/aromatic N) is 4. The van der Waals surface area contributed by atoms with Crippen LogP contribution in [0.4, 0.5) is 17.5 Å². The molecule has 28 heavy (non-hydrogen) atoms. The zero-order valence-electron chi connectivity index (χ0n) is 16.7. The number of benzene rings is 2. The van der Waals surface area contributed by atoms with Gasteiger partial charge in [-0.1, -0.05) is 12.1 Å². The molecular weight excluding hydrogens is 350 g/mol. The third-order valence-corrected chi connectivity index (χ3v) is 5.02. The summed E-state index contributed by atoms with van der Waals surface area (Å²) >= 11 is 0. The lowest BCUT2D eigenvalue weighted by molar-refractivity contribution is 0.415. The Morgan fingerprint density at radius 1 is 0.893 bits per heavy atom. The molecule has 1 saturated heterocycles. The van der Waals surface area contributed by atoms with Gasteiger partial charge in [0, 0.05) is 43.3 Å². The smallest absolute Gasteiger partial charge is 0.228 e. The van der Waals surface area contributed by atoms with Crippen LogP contribution < -0.4 is 19.9 Å². The molecule has 4 rings (SSSR count). The lowest BCUT2D eigenvalue weighted by Crippen LogP contribution is -2.47. The maximum absolute atomic E-state index is 5.26. The number of ether oxygens (including phenoxy) is 1. The summed E-state index contributed by atoms with van der Waals surface area (Å²) in [7, 11) is 1.69. The van der Waals surface area contributed by atoms with Gasteiger partial charge < -0.3 is 19.9 Å². The molecule has 0 bridgehead atoms. The van der Waals surface area contributed by atoms with Crippen molar-refractivity contribution in [2.24, 2.45) is 0 Å². The molecule has 1 aliphatic heterocycles. The molecule has 146 valence electrons. The van der Waals surface area contributed by atoms with Crippen LogP contribution in [0.5, 0.6) is 5.75 Å². The molecule has 3 aromatic rings. The van der Waals surface area contributed by atoms with E-state index in [0.29, 0.717) is 6.04 Å². The number of hydrogen-bond acceptors (Lipinski definition) is 6. The summed E-state index contributed by atoms with van der Waals surface area (Å²) < 4.78 is 5.26. The van der Waals surface area contributed by atoms with Crippen molar-refractivity contribution in [3.63, 3.8) is 0 Å². The first kappa shape index (κ1) is 18.3. The van der Waals surface area contributed by atoms with E-state index >= 15 is 0 Å². The van der Waals surface area contributed by atoms with E-state index in [4.69, 9.17) is 14.7 Å². The molecular formula is C22H27N5O. The molecule has 0 atom stereocenters. The lowest BCUT2D eigenvalue weighted by Gasteiger charge is -2.36. The zero-order valence-corrected chi connectivity index (χ0v) is 16.7. The molecule has 1 fully saturated rings. The van der Waals surface area contributed by atoms with Crippen LogP contribution in [0.2, 0.25) is 0 Å². The number of fused-ring (bicyclic) bond motifs is 1. The Morgan fingerprint density at radius 3 is 2.25 bits per heavy atom. The molecule has 2 heterocycles. The molecule has 1 N–H and O–H groups in total. The first-order valence-electron chi connectivity index (χ1n) is 9.81. The average molecular weight is 377 g/mol. The second-order valence-corrected chi connectivity index (χ2v) is 7.36. The third-order valence-electron chi connectivity index (χ3n) is 5.02. The Hall–Kier alpha value is -3.02. The van der Waals surface area contributed by atoms with E-state index in [1.54, 1.807) is 7.11 Å². The number of aromatic nitrogens is 2. The molecule has 0 radical (unpaired) electrons. The van der Waals surface area contributed by atoms with Gasteiger partial charge in [-0.3, -0.25) is 0 Å². The number of rotatable bonds is 5. The fourth-order valence-electron chi connectivity index (χ4n) is 3.55. The van der Waals surface area contributed by atoms with Crippen molar-refractivity contribution in [2.75, 3.05) is 48.4 Å². The van der Waals surface area contributed by atoms with Crippen molar-refractivity contribution in [1.29, 1.82) is 0 Å². The molecule has 0 saturated carbocycles. The highest BCUT2D eigenvalue weighted by atomic mass is 16.5. The largest absolute Gasteiger partial charge is 0.497 e. The number of para-hydroxylation sites is 1. The number of hydrogen-bond donors (Lipinski definition) is 1. The van der Waals surface area contributed by atoms with Crippen LogP contribution in [0.3, 0.4) is 0 Å². The topological polar surface area (TPSA) is 53.5 Å². The minimum absolute atomic E-state index is 0.318. The predicted molar refractivity (Wildman–Crippen MR) is 116 cm³/mol. The standard InChI is InChI=1S/C22H27N5O/c1-16(2)23-21-19-6-4-5-7-20(19)24-22(25-21)27-14-12-26(13-15-27)17-8-10-18(28-3)11-9-17/h4-11,16H,12-15H2,1-3H3,(H,23,24,25). The number of methoxy groups -OCH3 is 1. The van der Waals surface area contributed by atoms with E-state index in [1.165, 1.54) is 5.69 Å². The van der Waals surface area contributed by atoms with Gasteiger partial charge in [0.25, 0.3) is 0 Å². The second-order valence-electron chi connectivity index (χ2n) is 7.36. The van der Waals surface area contributed by atoms with Crippen LogP contribution in [0, 0.1) is 0 Å². The average Bonchev–Trinajstić information content (AvgIpc) is 2.73. The highest BCUT2D eigenvalue weighted by Gasteiger charge is 2.21. The molecule has 0 spiro atoms. The Bertz CT molecular complexity index is 933. The molecule has 2 aromatic carbocycles. The van der Waals surface area contributed by atoms with E-state index in [-0.39, 0.29) is 0 Å². The maximum Gasteiger partial charge on any atom is 0.228 e. The minimum atomic E-state index is 0.318. The van der Waals surface area contributed by atoms with Gasteiger partial charge in [0.05, 0.1) is 12.6 Å². The minimum Gasteiger partial charge on any atom is -0.497 e. The lowest BCUT2D eigenvalue weighted by atomic mass is 10.2. The van der Waals surface area contributed by atoms with E-state index in [9.17, 15) is 0 Å². The van der Waals surface area contributed by atoms with Crippen molar-refractivity contribution in [2.45, 2.75) is 19.9 Å². The van der Waals surface area contributed by atoms with E-state index < -0.39 is 0 Å². The van der Waals surface area contributed by atoms with Gasteiger partial charge in [-0.05, 0) is 50.2 Å². The molecule has 6 heteroatoms. The summed E-state index contributed by atoms with van der Waals surface area (Å²) in [6, 6.07) is 16.8. The Balaban J connectivity index is 1.53. The zero-order chi connectivity index (χ0) is 19.5. The first-order valence-corrected chi connectivity index (χ1v) is 9.81. The van der Waals surface area contributed by atoms with Gasteiger partial charge in [0.15, 0.2) is 0 Å². The van der Waals surface area contributed by atoms with Crippen LogP contribution in [-0.2, 0) is 0 Å². The number of piperazine rings is 1. The van der Waals surface area contributed by atoms with Gasteiger partial charge in [0.1, 0.15) is 11.6 Å². The fraction of sp³-hybridized carbons (Fsp3) is 0.364. The summed E-state index contributed by atoms with van der Waals surface area (Å²) in [4.78, 5) is 14.3. The summed E-state index contributed by atoms with van der Waals surface area (Å²) in [5.41, 5.74) is 2.20. The maximum atomic E-state index is 5.26. The van der Waals surface area contributed by atoms with Crippen molar-refractivity contribution in [1.82, 2.24) is 9.97 Å². The van der Waals surface area contributed by atoms with Crippen molar-refractivity contribution < 1.29 is 4.74 Å². The van der Waals surface area contributed by atoms with E-state index in [0.717, 1.165) is 54.6 Å². The van der Waals surface area contributed by atoms with Crippen LogP contribution in [0.25, 0.3) is 10.9 Å². The van der Waals surface area contributed by atoms with Crippen LogP contribution in [0.1, 0.15) is 13.8 Å². The summed E-state index contributed by atoms with van der Waals surface area (Å²) in [5, 5.41) is 4.54. The highest BCUT2D eigenvalue weighted by Crippen LogP contribution is 2.26. The Morgan fingerprint density at radius 2 is 1.57 bits per heavy atom. The number of anilines is 3. The predicted octanol–water partition coefficient (Wildman–Crippen LogP) is 3.79. The van der Waals surface area contributed by atoms with Crippen LogP contribution in [0.15, 0.2) is 48.5 Å². The molecule has 0 amide bonds. The van der Waals surface area contributed by atoms with Crippen molar-refractivity contribution in [3.8, 4) is 5.75 Å².